The van der Waals surface area contributed by atoms with Crippen LogP contribution in [0.5, 0.6) is 0 Å². The van der Waals surface area contributed by atoms with E-state index in [1.165, 1.54) is 12.8 Å². The molecule has 2 aliphatic carbocycles. The van der Waals surface area contributed by atoms with Crippen molar-refractivity contribution in [2.24, 2.45) is 22.7 Å². The molecule has 0 aromatic heterocycles. The van der Waals surface area contributed by atoms with Crippen molar-refractivity contribution in [2.75, 3.05) is 0 Å². The Morgan fingerprint density at radius 1 is 1.21 bits per heavy atom. The van der Waals surface area contributed by atoms with Crippen LogP contribution < -0.4 is 0 Å². The molecule has 0 aromatic carbocycles. The minimum Gasteiger partial charge on any atom is -0.349 e. The van der Waals surface area contributed by atoms with Crippen molar-refractivity contribution in [1.82, 2.24) is 0 Å². The van der Waals surface area contributed by atoms with Gasteiger partial charge in [-0.05, 0) is 48.3 Å². The highest BCUT2D eigenvalue weighted by molar-refractivity contribution is 5.16. The zero-order chi connectivity index (χ0) is 13.8. The molecule has 3 aliphatic rings. The fourth-order valence-corrected chi connectivity index (χ4v) is 5.27. The monoisotopic (exact) mass is 266 g/mol. The quantitative estimate of drug-likeness (QED) is 0.752. The van der Waals surface area contributed by atoms with Gasteiger partial charge in [0, 0.05) is 6.42 Å². The van der Waals surface area contributed by atoms with Crippen molar-refractivity contribution in [2.45, 2.75) is 85.2 Å². The molecule has 0 N–H and O–H groups in total. The van der Waals surface area contributed by atoms with Gasteiger partial charge < -0.3 is 9.47 Å². The number of hydrogen-bond donors (Lipinski definition) is 0. The van der Waals surface area contributed by atoms with Crippen molar-refractivity contribution in [3.8, 4) is 0 Å². The number of fused-ring (bicyclic) bond motifs is 5. The van der Waals surface area contributed by atoms with Crippen LogP contribution in [0.1, 0.15) is 66.7 Å². The topological polar surface area (TPSA) is 18.5 Å². The third-order valence-corrected chi connectivity index (χ3v) is 6.93. The summed E-state index contributed by atoms with van der Waals surface area (Å²) < 4.78 is 12.5. The zero-order valence-corrected chi connectivity index (χ0v) is 13.2. The van der Waals surface area contributed by atoms with Gasteiger partial charge in [0.15, 0.2) is 6.29 Å². The molecule has 2 bridgehead atoms. The van der Waals surface area contributed by atoms with Crippen LogP contribution >= 0.6 is 0 Å². The van der Waals surface area contributed by atoms with E-state index in [1.807, 2.05) is 0 Å². The van der Waals surface area contributed by atoms with E-state index in [0.29, 0.717) is 23.0 Å². The Kier molecular flexibility index (Phi) is 3.26. The van der Waals surface area contributed by atoms with Crippen molar-refractivity contribution < 1.29 is 9.47 Å². The van der Waals surface area contributed by atoms with Crippen molar-refractivity contribution in [3.05, 3.63) is 0 Å². The van der Waals surface area contributed by atoms with Gasteiger partial charge in [-0.15, -0.1) is 0 Å². The predicted octanol–water partition coefficient (Wildman–Crippen LogP) is 4.38. The summed E-state index contributed by atoms with van der Waals surface area (Å²) in [6, 6.07) is 0. The van der Waals surface area contributed by atoms with Crippen LogP contribution in [0.2, 0.25) is 0 Å². The molecule has 0 spiro atoms. The standard InChI is InChI=1S/C17H30O2/c1-6-11(7-2)18-14-10-12-13-8-9-17(5,15(12)19-14)16(13,3)4/h11-15H,6-10H2,1-5H3/t12-,13+,14-,15-,17-/m0/s1. The van der Waals surface area contributed by atoms with Gasteiger partial charge in [0.1, 0.15) is 0 Å². The van der Waals surface area contributed by atoms with E-state index < -0.39 is 0 Å². The second-order valence-electron chi connectivity index (χ2n) is 7.74. The van der Waals surface area contributed by atoms with Gasteiger partial charge >= 0.3 is 0 Å². The van der Waals surface area contributed by atoms with Crippen molar-refractivity contribution in [1.29, 1.82) is 0 Å². The van der Waals surface area contributed by atoms with Crippen LogP contribution in [-0.2, 0) is 9.47 Å². The molecule has 1 aliphatic heterocycles. The summed E-state index contributed by atoms with van der Waals surface area (Å²) >= 11 is 0. The second-order valence-corrected chi connectivity index (χ2v) is 7.74. The van der Waals surface area contributed by atoms with Crippen molar-refractivity contribution in [3.63, 3.8) is 0 Å². The number of ether oxygens (including phenoxy) is 2. The summed E-state index contributed by atoms with van der Waals surface area (Å²) in [5.74, 6) is 1.59. The van der Waals surface area contributed by atoms with Crippen LogP contribution in [0.15, 0.2) is 0 Å². The molecule has 0 amide bonds. The molecule has 110 valence electrons. The summed E-state index contributed by atoms with van der Waals surface area (Å²) in [5.41, 5.74) is 0.816. The predicted molar refractivity (Wildman–Crippen MR) is 76.8 cm³/mol. The van der Waals surface area contributed by atoms with Gasteiger partial charge in [0.2, 0.25) is 0 Å². The van der Waals surface area contributed by atoms with Gasteiger partial charge in [0.05, 0.1) is 12.2 Å². The summed E-state index contributed by atoms with van der Waals surface area (Å²) in [6.07, 6.45) is 6.94. The van der Waals surface area contributed by atoms with Crippen molar-refractivity contribution >= 4 is 0 Å². The molecule has 3 rings (SSSR count). The first-order chi connectivity index (χ1) is 8.94. The zero-order valence-electron chi connectivity index (χ0n) is 13.2. The van der Waals surface area contributed by atoms with Gasteiger partial charge in [-0.25, -0.2) is 0 Å². The lowest BCUT2D eigenvalue weighted by Gasteiger charge is -2.38. The molecule has 0 aromatic rings. The Hall–Kier alpha value is -0.0800. The van der Waals surface area contributed by atoms with E-state index in [2.05, 4.69) is 34.6 Å². The lowest BCUT2D eigenvalue weighted by atomic mass is 9.70. The summed E-state index contributed by atoms with van der Waals surface area (Å²) in [7, 11) is 0. The Balaban J connectivity index is 1.72. The van der Waals surface area contributed by atoms with Crippen LogP contribution in [0.3, 0.4) is 0 Å². The lowest BCUT2D eigenvalue weighted by molar-refractivity contribution is -0.186. The third kappa shape index (κ3) is 1.75. The molecule has 2 nitrogen and oxygen atoms in total. The highest BCUT2D eigenvalue weighted by atomic mass is 16.7. The highest BCUT2D eigenvalue weighted by Gasteiger charge is 2.69. The molecule has 1 saturated heterocycles. The lowest BCUT2D eigenvalue weighted by Crippen LogP contribution is -2.38. The van der Waals surface area contributed by atoms with Crippen LogP contribution in [0.25, 0.3) is 0 Å². The largest absolute Gasteiger partial charge is 0.349 e. The molecule has 0 radical (unpaired) electrons. The molecule has 19 heavy (non-hydrogen) atoms. The Morgan fingerprint density at radius 3 is 2.47 bits per heavy atom. The number of hydrogen-bond acceptors (Lipinski definition) is 2. The molecule has 3 fully saturated rings. The fourth-order valence-electron chi connectivity index (χ4n) is 5.27. The van der Waals surface area contributed by atoms with Gasteiger partial charge in [-0.3, -0.25) is 0 Å². The van der Waals surface area contributed by atoms with E-state index in [-0.39, 0.29) is 6.29 Å². The third-order valence-electron chi connectivity index (χ3n) is 6.93. The molecular weight excluding hydrogens is 236 g/mol. The normalized spacial score (nSPS) is 47.1. The molecule has 2 heteroatoms. The van der Waals surface area contributed by atoms with Gasteiger partial charge in [0.25, 0.3) is 0 Å². The van der Waals surface area contributed by atoms with Crippen LogP contribution in [0.4, 0.5) is 0 Å². The summed E-state index contributed by atoms with van der Waals surface area (Å²) in [4.78, 5) is 0. The molecule has 1 heterocycles. The van der Waals surface area contributed by atoms with E-state index in [9.17, 15) is 0 Å². The Morgan fingerprint density at radius 2 is 1.89 bits per heavy atom. The average Bonchev–Trinajstić information content (AvgIpc) is 2.93. The fraction of sp³-hybridized carbons (Fsp3) is 1.00. The van der Waals surface area contributed by atoms with E-state index in [0.717, 1.165) is 31.1 Å². The number of rotatable bonds is 4. The van der Waals surface area contributed by atoms with Gasteiger partial charge in [-0.2, -0.15) is 0 Å². The molecule has 0 unspecified atom stereocenters. The molecular formula is C17H30O2. The second kappa shape index (κ2) is 4.46. The maximum absolute atomic E-state index is 6.37. The van der Waals surface area contributed by atoms with E-state index >= 15 is 0 Å². The van der Waals surface area contributed by atoms with E-state index in [1.54, 1.807) is 0 Å². The summed E-state index contributed by atoms with van der Waals surface area (Å²) in [5, 5.41) is 0. The molecule has 2 saturated carbocycles. The maximum atomic E-state index is 6.37. The minimum atomic E-state index is 0.0657. The minimum absolute atomic E-state index is 0.0657. The summed E-state index contributed by atoms with van der Waals surface area (Å²) in [6.45, 7) is 11.8. The Bertz CT molecular complexity index is 347. The smallest absolute Gasteiger partial charge is 0.158 e. The maximum Gasteiger partial charge on any atom is 0.158 e. The first kappa shape index (κ1) is 13.9. The first-order valence-corrected chi connectivity index (χ1v) is 8.25. The highest BCUT2D eigenvalue weighted by Crippen LogP contribution is 2.71. The SMILES string of the molecule is CCC(CC)O[C@@H]1C[C@H]2[C@H]3CC[C@@](C)([C@H]2O1)C3(C)C. The first-order valence-electron chi connectivity index (χ1n) is 8.25. The Labute approximate surface area is 118 Å². The van der Waals surface area contributed by atoms with Gasteiger partial charge in [-0.1, -0.05) is 34.6 Å². The van der Waals surface area contributed by atoms with Crippen LogP contribution in [0, 0.1) is 22.7 Å². The molecule has 5 atom stereocenters. The average molecular weight is 266 g/mol. The van der Waals surface area contributed by atoms with E-state index in [4.69, 9.17) is 9.47 Å². The van der Waals surface area contributed by atoms with Crippen LogP contribution in [-0.4, -0.2) is 18.5 Å².